The molecule has 1 atom stereocenters. The van der Waals surface area contributed by atoms with Gasteiger partial charge in [0.15, 0.2) is 11.3 Å². The number of hydrogen-bond donors (Lipinski definition) is 1. The van der Waals surface area contributed by atoms with Gasteiger partial charge in [-0.1, -0.05) is 42.5 Å². The Balaban J connectivity index is 1.76. The van der Waals surface area contributed by atoms with Gasteiger partial charge in [-0.3, -0.25) is 0 Å². The molecule has 0 amide bonds. The number of benzene rings is 2. The van der Waals surface area contributed by atoms with Gasteiger partial charge in [0.1, 0.15) is 5.76 Å². The van der Waals surface area contributed by atoms with E-state index in [9.17, 15) is 0 Å². The Kier molecular flexibility index (Phi) is 4.45. The van der Waals surface area contributed by atoms with E-state index in [0.29, 0.717) is 6.61 Å². The summed E-state index contributed by atoms with van der Waals surface area (Å²) in [7, 11) is 0. The fourth-order valence-corrected chi connectivity index (χ4v) is 2.51. The van der Waals surface area contributed by atoms with Crippen molar-refractivity contribution < 1.29 is 9.15 Å². The van der Waals surface area contributed by atoms with Crippen LogP contribution in [-0.2, 0) is 6.54 Å². The number of nitrogens with one attached hydrogen (secondary N) is 1. The normalized spacial score (nSPS) is 12.5. The third-order valence-corrected chi connectivity index (χ3v) is 3.71. The Bertz CT molecular complexity index is 734. The maximum absolute atomic E-state index is 6.01. The summed E-state index contributed by atoms with van der Waals surface area (Å²) in [4.78, 5) is 0. The number of para-hydroxylation sites is 1. The van der Waals surface area contributed by atoms with Gasteiger partial charge in [0, 0.05) is 11.9 Å². The van der Waals surface area contributed by atoms with E-state index in [2.05, 4.69) is 48.6 Å². The Labute approximate surface area is 130 Å². The molecule has 0 fully saturated rings. The average Bonchev–Trinajstić information content (AvgIpc) is 2.99. The Hall–Kier alpha value is -2.26. The van der Waals surface area contributed by atoms with Crippen LogP contribution < -0.4 is 10.1 Å². The highest BCUT2D eigenvalue weighted by Gasteiger charge is 2.13. The summed E-state index contributed by atoms with van der Waals surface area (Å²) < 4.78 is 11.6. The number of rotatable bonds is 6. The lowest BCUT2D eigenvalue weighted by molar-refractivity contribution is 0.336. The van der Waals surface area contributed by atoms with Crippen LogP contribution in [0, 0.1) is 0 Å². The second kappa shape index (κ2) is 6.67. The van der Waals surface area contributed by atoms with Crippen molar-refractivity contribution in [3.05, 3.63) is 65.9 Å². The summed E-state index contributed by atoms with van der Waals surface area (Å²) >= 11 is 0. The summed E-state index contributed by atoms with van der Waals surface area (Å²) in [5, 5.41) is 4.57. The summed E-state index contributed by atoms with van der Waals surface area (Å²) in [6.45, 7) is 5.54. The zero-order valence-corrected chi connectivity index (χ0v) is 13.0. The molecule has 0 saturated heterocycles. The molecule has 3 nitrogen and oxygen atoms in total. The fraction of sp³-hybridized carbons (Fsp3) is 0.263. The van der Waals surface area contributed by atoms with Gasteiger partial charge in [-0.15, -0.1) is 0 Å². The highest BCUT2D eigenvalue weighted by atomic mass is 16.5. The molecule has 0 aliphatic carbocycles. The molecule has 1 unspecified atom stereocenters. The molecule has 0 aliphatic heterocycles. The van der Waals surface area contributed by atoms with Crippen molar-refractivity contribution in [3.8, 4) is 5.75 Å². The first-order valence-electron chi connectivity index (χ1n) is 7.70. The zero-order valence-electron chi connectivity index (χ0n) is 13.0. The molecule has 22 heavy (non-hydrogen) atoms. The van der Waals surface area contributed by atoms with Crippen molar-refractivity contribution in [1.29, 1.82) is 0 Å². The van der Waals surface area contributed by atoms with Crippen LogP contribution in [0.2, 0.25) is 0 Å². The van der Waals surface area contributed by atoms with Gasteiger partial charge in [-0.2, -0.15) is 0 Å². The molecular weight excluding hydrogens is 274 g/mol. The average molecular weight is 295 g/mol. The smallest absolute Gasteiger partial charge is 0.176 e. The minimum absolute atomic E-state index is 0.141. The maximum Gasteiger partial charge on any atom is 0.176 e. The second-order valence-electron chi connectivity index (χ2n) is 5.34. The van der Waals surface area contributed by atoms with Crippen molar-refractivity contribution in [1.82, 2.24) is 5.32 Å². The molecule has 1 N–H and O–H groups in total. The lowest BCUT2D eigenvalue weighted by Crippen LogP contribution is -2.17. The van der Waals surface area contributed by atoms with Crippen LogP contribution in [0.3, 0.4) is 0 Å². The summed E-state index contributed by atoms with van der Waals surface area (Å²) in [5.41, 5.74) is 2.09. The number of hydrogen-bond acceptors (Lipinski definition) is 3. The van der Waals surface area contributed by atoms with Crippen LogP contribution in [0.25, 0.3) is 11.0 Å². The molecule has 0 bridgehead atoms. The Morgan fingerprint density at radius 1 is 1.09 bits per heavy atom. The van der Waals surface area contributed by atoms with Gasteiger partial charge in [0.05, 0.1) is 12.6 Å². The molecular formula is C19H21NO2. The predicted molar refractivity (Wildman–Crippen MR) is 89.1 cm³/mol. The second-order valence-corrected chi connectivity index (χ2v) is 5.34. The summed E-state index contributed by atoms with van der Waals surface area (Å²) in [6, 6.07) is 18.6. The van der Waals surface area contributed by atoms with Crippen molar-refractivity contribution in [3.63, 3.8) is 0 Å². The Morgan fingerprint density at radius 2 is 1.91 bits per heavy atom. The van der Waals surface area contributed by atoms with Crippen molar-refractivity contribution >= 4 is 11.0 Å². The summed E-state index contributed by atoms with van der Waals surface area (Å²) in [6.07, 6.45) is 0. The van der Waals surface area contributed by atoms with Gasteiger partial charge in [-0.25, -0.2) is 0 Å². The molecule has 0 radical (unpaired) electrons. The molecule has 1 heterocycles. The molecule has 3 rings (SSSR count). The van der Waals surface area contributed by atoms with E-state index in [1.54, 1.807) is 0 Å². The van der Waals surface area contributed by atoms with Crippen molar-refractivity contribution in [2.45, 2.75) is 26.4 Å². The third-order valence-electron chi connectivity index (χ3n) is 3.71. The molecule has 0 saturated carbocycles. The third kappa shape index (κ3) is 3.15. The molecule has 3 aromatic rings. The highest BCUT2D eigenvalue weighted by molar-refractivity contribution is 5.83. The minimum Gasteiger partial charge on any atom is -0.490 e. The monoisotopic (exact) mass is 295 g/mol. The van der Waals surface area contributed by atoms with Crippen LogP contribution in [0.5, 0.6) is 5.75 Å². The van der Waals surface area contributed by atoms with E-state index in [1.165, 1.54) is 5.56 Å². The molecule has 0 aliphatic rings. The van der Waals surface area contributed by atoms with Gasteiger partial charge in [-0.05, 0) is 31.5 Å². The Morgan fingerprint density at radius 3 is 2.68 bits per heavy atom. The van der Waals surface area contributed by atoms with Gasteiger partial charge in [0.2, 0.25) is 0 Å². The van der Waals surface area contributed by atoms with E-state index < -0.39 is 0 Å². The van der Waals surface area contributed by atoms with Gasteiger partial charge < -0.3 is 14.5 Å². The minimum atomic E-state index is 0.141. The maximum atomic E-state index is 6.01. The number of ether oxygens (including phenoxy) is 1. The van der Waals surface area contributed by atoms with Crippen molar-refractivity contribution in [2.75, 3.05) is 6.61 Å². The molecule has 1 aromatic heterocycles. The van der Waals surface area contributed by atoms with E-state index in [4.69, 9.17) is 9.15 Å². The van der Waals surface area contributed by atoms with E-state index in [-0.39, 0.29) is 6.04 Å². The zero-order chi connectivity index (χ0) is 15.4. The topological polar surface area (TPSA) is 34.4 Å². The van der Waals surface area contributed by atoms with Crippen LogP contribution in [0.4, 0.5) is 0 Å². The SMILES string of the molecule is CCOc1cccc2cc(C(C)NCc3ccccc3)oc12. The quantitative estimate of drug-likeness (QED) is 0.717. The van der Waals surface area contributed by atoms with Crippen LogP contribution in [0.15, 0.2) is 59.0 Å². The number of fused-ring (bicyclic) bond motifs is 1. The first-order valence-corrected chi connectivity index (χ1v) is 7.70. The standard InChI is InChI=1S/C19H21NO2/c1-3-21-17-11-7-10-16-12-18(22-19(16)17)14(2)20-13-15-8-5-4-6-9-15/h4-12,14,20H,3,13H2,1-2H3. The van der Waals surface area contributed by atoms with Gasteiger partial charge in [0.25, 0.3) is 0 Å². The van der Waals surface area contributed by atoms with E-state index in [0.717, 1.165) is 29.0 Å². The first kappa shape index (κ1) is 14.7. The van der Waals surface area contributed by atoms with Gasteiger partial charge >= 0.3 is 0 Å². The molecule has 3 heteroatoms. The first-order chi connectivity index (χ1) is 10.8. The lowest BCUT2D eigenvalue weighted by Gasteiger charge is -2.11. The predicted octanol–water partition coefficient (Wildman–Crippen LogP) is 4.68. The highest BCUT2D eigenvalue weighted by Crippen LogP contribution is 2.31. The van der Waals surface area contributed by atoms with Crippen LogP contribution >= 0.6 is 0 Å². The van der Waals surface area contributed by atoms with Crippen molar-refractivity contribution in [2.24, 2.45) is 0 Å². The lowest BCUT2D eigenvalue weighted by atomic mass is 10.2. The largest absolute Gasteiger partial charge is 0.490 e. The van der Waals surface area contributed by atoms with E-state index in [1.807, 2.05) is 25.1 Å². The number of furan rings is 1. The molecule has 114 valence electrons. The molecule has 2 aromatic carbocycles. The van der Waals surface area contributed by atoms with Crippen LogP contribution in [0.1, 0.15) is 31.2 Å². The van der Waals surface area contributed by atoms with E-state index >= 15 is 0 Å². The molecule has 0 spiro atoms. The van der Waals surface area contributed by atoms with Crippen LogP contribution in [-0.4, -0.2) is 6.61 Å². The summed E-state index contributed by atoms with van der Waals surface area (Å²) in [5.74, 6) is 1.74. The fourth-order valence-electron chi connectivity index (χ4n) is 2.51.